The molecule has 0 radical (unpaired) electrons. The molecule has 64 valence electrons. The second-order valence-corrected chi connectivity index (χ2v) is 2.96. The van der Waals surface area contributed by atoms with Crippen LogP contribution >= 0.6 is 0 Å². The van der Waals surface area contributed by atoms with Crippen molar-refractivity contribution in [2.75, 3.05) is 7.05 Å². The van der Waals surface area contributed by atoms with Crippen LogP contribution in [-0.4, -0.2) is 34.5 Å². The summed E-state index contributed by atoms with van der Waals surface area (Å²) in [5, 5.41) is 0. The minimum Gasteiger partial charge on any atom is -0.427 e. The molecular weight excluding hydrogens is 176 g/mol. The quantitative estimate of drug-likeness (QED) is 0.237. The average molecular weight is 184 g/mol. The molecule has 1 rings (SSSR count). The van der Waals surface area contributed by atoms with Crippen molar-refractivity contribution in [2.24, 2.45) is 0 Å². The van der Waals surface area contributed by atoms with E-state index in [2.05, 4.69) is 19.5 Å². The lowest BCUT2D eigenvalue weighted by molar-refractivity contribution is -0.269. The van der Waals surface area contributed by atoms with E-state index in [1.165, 1.54) is 7.05 Å². The Bertz CT molecular complexity index is 319. The van der Waals surface area contributed by atoms with Crippen molar-refractivity contribution < 1.29 is 13.6 Å². The monoisotopic (exact) mass is 184 g/mol. The second-order valence-electron chi connectivity index (χ2n) is 2.52. The van der Waals surface area contributed by atoms with Crippen molar-refractivity contribution >= 4 is 31.3 Å². The number of carbonyl (C=O) groups is 2. The van der Waals surface area contributed by atoms with E-state index < -0.39 is 0 Å². The highest BCUT2D eigenvalue weighted by molar-refractivity contribution is 7.51. The van der Waals surface area contributed by atoms with Crippen LogP contribution in [0, 0.1) is 0 Å². The van der Waals surface area contributed by atoms with Gasteiger partial charge in [0.05, 0.1) is 5.57 Å². The van der Waals surface area contributed by atoms with Crippen LogP contribution in [0.5, 0.6) is 0 Å². The van der Waals surface area contributed by atoms with Gasteiger partial charge in [-0.1, -0.05) is 0 Å². The number of nitrogens with zero attached hydrogens (tertiary/aromatic N) is 2. The predicted molar refractivity (Wildman–Crippen MR) is 45.2 cm³/mol. The van der Waals surface area contributed by atoms with E-state index in [4.69, 9.17) is 0 Å². The SMILES string of the molecule is C=[N+]([S-])C1=C(C)C(=O)N(C)C1=O. The first-order valence-electron chi connectivity index (χ1n) is 3.28. The maximum atomic E-state index is 11.3. The molecule has 12 heavy (non-hydrogen) atoms. The number of carbonyl (C=O) groups excluding carboxylic acids is 2. The Labute approximate surface area is 75.7 Å². The van der Waals surface area contributed by atoms with Gasteiger partial charge >= 0.3 is 5.91 Å². The second kappa shape index (κ2) is 2.67. The highest BCUT2D eigenvalue weighted by Crippen LogP contribution is 2.18. The predicted octanol–water partition coefficient (Wildman–Crippen LogP) is -0.566. The zero-order valence-corrected chi connectivity index (χ0v) is 7.64. The molecule has 0 unspecified atom stereocenters. The highest BCUT2D eigenvalue weighted by atomic mass is 32.1. The largest absolute Gasteiger partial charge is 0.427 e. The van der Waals surface area contributed by atoms with Gasteiger partial charge in [-0.25, -0.2) is 0 Å². The molecule has 1 aliphatic rings. The van der Waals surface area contributed by atoms with Crippen LogP contribution in [0.2, 0.25) is 0 Å². The smallest absolute Gasteiger partial charge is 0.324 e. The van der Waals surface area contributed by atoms with E-state index >= 15 is 0 Å². The summed E-state index contributed by atoms with van der Waals surface area (Å²) in [7, 11) is 1.42. The summed E-state index contributed by atoms with van der Waals surface area (Å²) < 4.78 is 0.999. The van der Waals surface area contributed by atoms with Gasteiger partial charge < -0.3 is 16.8 Å². The standard InChI is InChI=1S/C7H8N2O2S/c1-4-5(9(3)12)7(11)8(2)6(4)10/h3H2,1-2H3. The normalized spacial score (nSPS) is 17.7. The lowest BCUT2D eigenvalue weighted by Gasteiger charge is -2.05. The Balaban J connectivity index is 3.22. The fourth-order valence-electron chi connectivity index (χ4n) is 1.06. The van der Waals surface area contributed by atoms with Crippen molar-refractivity contribution in [3.05, 3.63) is 11.3 Å². The van der Waals surface area contributed by atoms with Gasteiger partial charge in [0.2, 0.25) is 0 Å². The van der Waals surface area contributed by atoms with Crippen LogP contribution < -0.4 is 0 Å². The van der Waals surface area contributed by atoms with Gasteiger partial charge in [-0.05, 0) is 6.92 Å². The molecule has 1 heterocycles. The number of hydrogen-bond acceptors (Lipinski definition) is 3. The van der Waals surface area contributed by atoms with E-state index in [0.717, 1.165) is 8.88 Å². The number of likely N-dealkylation sites (N-methyl/N-ethyl adjacent to an activating group) is 1. The lowest BCUT2D eigenvalue weighted by Crippen LogP contribution is -2.27. The molecule has 0 N–H and O–H groups in total. The molecule has 0 aliphatic carbocycles. The number of amides is 2. The fraction of sp³-hybridized carbons (Fsp3) is 0.286. The molecule has 0 fully saturated rings. The molecule has 0 saturated heterocycles. The summed E-state index contributed by atoms with van der Waals surface area (Å²) in [5.74, 6) is -0.698. The third-order valence-electron chi connectivity index (χ3n) is 1.74. The Morgan fingerprint density at radius 1 is 1.42 bits per heavy atom. The molecule has 0 atom stereocenters. The van der Waals surface area contributed by atoms with Gasteiger partial charge in [-0.3, -0.25) is 14.5 Å². The van der Waals surface area contributed by atoms with Gasteiger partial charge in [-0.15, -0.1) is 0 Å². The molecule has 4 nitrogen and oxygen atoms in total. The molecule has 1 aliphatic heterocycles. The number of hydrogen-bond donors (Lipinski definition) is 0. The first-order chi connectivity index (χ1) is 5.46. The van der Waals surface area contributed by atoms with Crippen molar-refractivity contribution in [2.45, 2.75) is 6.92 Å². The van der Waals surface area contributed by atoms with Gasteiger partial charge in [0.1, 0.15) is 6.72 Å². The molecule has 0 aromatic rings. The molecule has 0 aromatic heterocycles. The zero-order chi connectivity index (χ0) is 9.46. The van der Waals surface area contributed by atoms with Gasteiger partial charge in [0, 0.05) is 7.05 Å². The first-order valence-corrected chi connectivity index (χ1v) is 3.64. The van der Waals surface area contributed by atoms with Crippen LogP contribution in [0.3, 0.4) is 0 Å². The third-order valence-corrected chi connectivity index (χ3v) is 1.92. The van der Waals surface area contributed by atoms with Gasteiger partial charge in [0.25, 0.3) is 11.6 Å². The zero-order valence-electron chi connectivity index (χ0n) is 6.83. The summed E-state index contributed by atoms with van der Waals surface area (Å²) >= 11 is 4.66. The number of imide groups is 1. The Morgan fingerprint density at radius 2 is 1.92 bits per heavy atom. The van der Waals surface area contributed by atoms with Crippen LogP contribution in [0.15, 0.2) is 11.3 Å². The van der Waals surface area contributed by atoms with Crippen molar-refractivity contribution in [3.8, 4) is 0 Å². The summed E-state index contributed by atoms with van der Waals surface area (Å²) in [5.41, 5.74) is 0.546. The van der Waals surface area contributed by atoms with Crippen LogP contribution in [0.1, 0.15) is 6.92 Å². The molecule has 0 spiro atoms. The third kappa shape index (κ3) is 1.02. The van der Waals surface area contributed by atoms with Gasteiger partial charge in [0.15, 0.2) is 0 Å². The average Bonchev–Trinajstić information content (AvgIpc) is 2.16. The number of rotatable bonds is 1. The topological polar surface area (TPSA) is 40.4 Å². The van der Waals surface area contributed by atoms with Crippen molar-refractivity contribution in [1.29, 1.82) is 0 Å². The molecule has 5 heteroatoms. The van der Waals surface area contributed by atoms with E-state index in [-0.39, 0.29) is 17.5 Å². The van der Waals surface area contributed by atoms with Crippen molar-refractivity contribution in [3.63, 3.8) is 0 Å². The minimum atomic E-state index is -0.387. The van der Waals surface area contributed by atoms with Crippen LogP contribution in [-0.2, 0) is 22.4 Å². The van der Waals surface area contributed by atoms with E-state index in [0.29, 0.717) is 5.57 Å². The summed E-state index contributed by atoms with van der Waals surface area (Å²) in [6.07, 6.45) is 0. The van der Waals surface area contributed by atoms with Crippen LogP contribution in [0.4, 0.5) is 0 Å². The van der Waals surface area contributed by atoms with Crippen molar-refractivity contribution in [1.82, 2.24) is 4.90 Å². The molecule has 0 bridgehead atoms. The Hall–Kier alpha value is -1.23. The molecule has 2 amide bonds. The summed E-state index contributed by atoms with van der Waals surface area (Å²) in [6, 6.07) is 0. The lowest BCUT2D eigenvalue weighted by atomic mass is 10.3. The Morgan fingerprint density at radius 3 is 2.08 bits per heavy atom. The fourth-order valence-corrected chi connectivity index (χ4v) is 1.27. The van der Waals surface area contributed by atoms with E-state index in [1.54, 1.807) is 6.92 Å². The van der Waals surface area contributed by atoms with Gasteiger partial charge in [-0.2, -0.15) is 0 Å². The first kappa shape index (κ1) is 8.86. The molecular formula is C7H8N2O2S. The highest BCUT2D eigenvalue weighted by Gasteiger charge is 2.37. The minimum absolute atomic E-state index is 0.192. The maximum Gasteiger partial charge on any atom is 0.324 e. The molecule has 0 saturated carbocycles. The van der Waals surface area contributed by atoms with E-state index in [1.807, 2.05) is 0 Å². The molecule has 0 aromatic carbocycles. The van der Waals surface area contributed by atoms with E-state index in [9.17, 15) is 9.59 Å². The Kier molecular flexibility index (Phi) is 1.97. The summed E-state index contributed by atoms with van der Waals surface area (Å²) in [4.78, 5) is 23.5. The maximum absolute atomic E-state index is 11.3. The summed E-state index contributed by atoms with van der Waals surface area (Å²) in [6.45, 7) is 4.94. The van der Waals surface area contributed by atoms with Crippen LogP contribution in [0.25, 0.3) is 0 Å².